The SMILES string of the molecule is C.CC.[Y].[c-]1ccccc1. The zero-order valence-corrected chi connectivity index (χ0v) is 8.80. The summed E-state index contributed by atoms with van der Waals surface area (Å²) in [6.07, 6.45) is 0. The van der Waals surface area contributed by atoms with Crippen molar-refractivity contribution in [3.05, 3.63) is 36.4 Å². The molecule has 0 N–H and O–H groups in total. The van der Waals surface area contributed by atoms with Crippen LogP contribution in [0.3, 0.4) is 0 Å². The Morgan fingerprint density at radius 3 is 1.40 bits per heavy atom. The fourth-order valence-electron chi connectivity index (χ4n) is 0.342. The third kappa shape index (κ3) is 11.2. The fourth-order valence-corrected chi connectivity index (χ4v) is 0.342. The third-order valence-electron chi connectivity index (χ3n) is 0.607. The van der Waals surface area contributed by atoms with Crippen LogP contribution in [0.2, 0.25) is 0 Å². The number of benzene rings is 1. The molecule has 0 unspecified atom stereocenters. The standard InChI is InChI=1S/C6H5.C2H6.CH4.Y/c1-2-4-6-5-3-1;1-2;;/h1-5H;1-2H3;1H4;/q-1;;;. The molecule has 0 aromatic heterocycles. The van der Waals surface area contributed by atoms with Crippen LogP contribution in [0.4, 0.5) is 0 Å². The van der Waals surface area contributed by atoms with Gasteiger partial charge < -0.3 is 0 Å². The molecule has 0 aliphatic heterocycles. The molecule has 1 heteroatoms. The van der Waals surface area contributed by atoms with Gasteiger partial charge >= 0.3 is 0 Å². The van der Waals surface area contributed by atoms with Crippen molar-refractivity contribution in [2.24, 2.45) is 0 Å². The summed E-state index contributed by atoms with van der Waals surface area (Å²) in [5.41, 5.74) is 0. The van der Waals surface area contributed by atoms with Crippen LogP contribution in [0.15, 0.2) is 30.3 Å². The molecule has 0 bridgehead atoms. The zero-order valence-electron chi connectivity index (χ0n) is 5.96. The van der Waals surface area contributed by atoms with Gasteiger partial charge in [-0.3, -0.25) is 0 Å². The first-order chi connectivity index (χ1) is 4.00. The Morgan fingerprint density at radius 1 is 0.900 bits per heavy atom. The van der Waals surface area contributed by atoms with Crippen LogP contribution < -0.4 is 0 Å². The molecule has 0 aliphatic rings. The largest absolute Gasteiger partial charge is 0.184 e. The molecule has 1 aromatic carbocycles. The molecule has 10 heavy (non-hydrogen) atoms. The first kappa shape index (κ1) is 16.7. The van der Waals surface area contributed by atoms with Gasteiger partial charge in [-0.25, -0.2) is 0 Å². The molecule has 0 atom stereocenters. The number of rotatable bonds is 0. The second-order valence-corrected chi connectivity index (χ2v) is 1.08. The maximum atomic E-state index is 2.89. The van der Waals surface area contributed by atoms with E-state index in [1.54, 1.807) is 0 Å². The van der Waals surface area contributed by atoms with Crippen molar-refractivity contribution in [2.45, 2.75) is 21.3 Å². The van der Waals surface area contributed by atoms with Crippen molar-refractivity contribution < 1.29 is 32.7 Å². The van der Waals surface area contributed by atoms with Crippen LogP contribution in [-0.4, -0.2) is 0 Å². The molecule has 0 saturated carbocycles. The normalized spacial score (nSPS) is 5.40. The van der Waals surface area contributed by atoms with E-state index in [4.69, 9.17) is 0 Å². The maximum absolute atomic E-state index is 2.89. The van der Waals surface area contributed by atoms with E-state index < -0.39 is 0 Å². The third-order valence-corrected chi connectivity index (χ3v) is 0.607. The van der Waals surface area contributed by atoms with E-state index in [2.05, 4.69) is 6.07 Å². The number of hydrogen-bond acceptors (Lipinski definition) is 0. The summed E-state index contributed by atoms with van der Waals surface area (Å²) in [6.45, 7) is 4.00. The molecule has 0 fully saturated rings. The van der Waals surface area contributed by atoms with Gasteiger partial charge in [-0.15, -0.1) is 0 Å². The minimum atomic E-state index is 0. The molecule has 0 amide bonds. The van der Waals surface area contributed by atoms with Crippen LogP contribution in [0, 0.1) is 6.07 Å². The molecule has 0 heterocycles. The van der Waals surface area contributed by atoms with Crippen LogP contribution >= 0.6 is 0 Å². The van der Waals surface area contributed by atoms with E-state index in [1.165, 1.54) is 0 Å². The van der Waals surface area contributed by atoms with Crippen molar-refractivity contribution >= 4 is 0 Å². The van der Waals surface area contributed by atoms with E-state index >= 15 is 0 Å². The molecule has 55 valence electrons. The average molecular weight is 212 g/mol. The van der Waals surface area contributed by atoms with E-state index in [0.29, 0.717) is 0 Å². The molecule has 0 spiro atoms. The summed E-state index contributed by atoms with van der Waals surface area (Å²) in [7, 11) is 0. The summed E-state index contributed by atoms with van der Waals surface area (Å²) in [5.74, 6) is 0. The minimum Gasteiger partial charge on any atom is -0.184 e. The van der Waals surface area contributed by atoms with Gasteiger partial charge in [0.05, 0.1) is 0 Å². The van der Waals surface area contributed by atoms with Crippen LogP contribution in [0.5, 0.6) is 0 Å². The van der Waals surface area contributed by atoms with Gasteiger partial charge in [0, 0.05) is 32.7 Å². The predicted octanol–water partition coefficient (Wildman–Crippen LogP) is 3.15. The quantitative estimate of drug-likeness (QED) is 0.579. The van der Waals surface area contributed by atoms with Crippen molar-refractivity contribution in [2.75, 3.05) is 0 Å². The Bertz CT molecular complexity index is 76.7. The van der Waals surface area contributed by atoms with Crippen molar-refractivity contribution in [1.29, 1.82) is 0 Å². The van der Waals surface area contributed by atoms with Crippen LogP contribution in [0.1, 0.15) is 21.3 Å². The van der Waals surface area contributed by atoms with Gasteiger partial charge in [0.25, 0.3) is 0 Å². The molecule has 0 aliphatic carbocycles. The van der Waals surface area contributed by atoms with Gasteiger partial charge in [-0.2, -0.15) is 36.4 Å². The average Bonchev–Trinajstić information content (AvgIpc) is 1.96. The van der Waals surface area contributed by atoms with Gasteiger partial charge in [0.1, 0.15) is 0 Å². The molecule has 0 nitrogen and oxygen atoms in total. The van der Waals surface area contributed by atoms with Crippen LogP contribution in [0.25, 0.3) is 0 Å². The van der Waals surface area contributed by atoms with E-state index in [-0.39, 0.29) is 40.1 Å². The van der Waals surface area contributed by atoms with E-state index in [9.17, 15) is 0 Å². The Hall–Kier alpha value is 0.324. The maximum Gasteiger partial charge on any atom is 0 e. The first-order valence-electron chi connectivity index (χ1n) is 2.91. The Morgan fingerprint density at radius 2 is 1.30 bits per heavy atom. The second-order valence-electron chi connectivity index (χ2n) is 1.08. The van der Waals surface area contributed by atoms with Gasteiger partial charge in [-0.05, 0) is 0 Å². The molecule has 1 radical (unpaired) electrons. The number of hydrogen-bond donors (Lipinski definition) is 0. The summed E-state index contributed by atoms with van der Waals surface area (Å²) in [5, 5.41) is 0. The van der Waals surface area contributed by atoms with Gasteiger partial charge in [-0.1, -0.05) is 21.3 Å². The van der Waals surface area contributed by atoms with E-state index in [1.807, 2.05) is 44.2 Å². The Balaban J connectivity index is -0.000000114. The molecule has 1 rings (SSSR count). The van der Waals surface area contributed by atoms with E-state index in [0.717, 1.165) is 0 Å². The molecular weight excluding hydrogens is 197 g/mol. The summed E-state index contributed by atoms with van der Waals surface area (Å²) in [4.78, 5) is 0. The van der Waals surface area contributed by atoms with Crippen molar-refractivity contribution in [1.82, 2.24) is 0 Å². The minimum absolute atomic E-state index is 0. The zero-order chi connectivity index (χ0) is 6.24. The van der Waals surface area contributed by atoms with Crippen molar-refractivity contribution in [3.63, 3.8) is 0 Å². The summed E-state index contributed by atoms with van der Waals surface area (Å²) < 4.78 is 0. The van der Waals surface area contributed by atoms with Crippen molar-refractivity contribution in [3.8, 4) is 0 Å². The van der Waals surface area contributed by atoms with Crippen LogP contribution in [-0.2, 0) is 32.7 Å². The first-order valence-corrected chi connectivity index (χ1v) is 2.91. The molecule has 1 aromatic rings. The summed E-state index contributed by atoms with van der Waals surface area (Å²) >= 11 is 0. The topological polar surface area (TPSA) is 0 Å². The fraction of sp³-hybridized carbons (Fsp3) is 0.333. The smallest absolute Gasteiger partial charge is 0 e. The second kappa shape index (κ2) is 16.2. The monoisotopic (exact) mass is 212 g/mol. The Kier molecular flexibility index (Phi) is 27.0. The Labute approximate surface area is 89.9 Å². The predicted molar refractivity (Wildman–Crippen MR) is 43.4 cm³/mol. The van der Waals surface area contributed by atoms with Gasteiger partial charge in [0.15, 0.2) is 0 Å². The molecule has 0 saturated heterocycles. The van der Waals surface area contributed by atoms with Gasteiger partial charge in [0.2, 0.25) is 0 Å². The summed E-state index contributed by atoms with van der Waals surface area (Å²) in [6, 6.07) is 12.5. The molecular formula is C9H15Y-.